The number of nitrogens with zero attached hydrogens (tertiary/aromatic N) is 3. The van der Waals surface area contributed by atoms with E-state index < -0.39 is 0 Å². The lowest BCUT2D eigenvalue weighted by molar-refractivity contribution is 0.136. The van der Waals surface area contributed by atoms with Crippen molar-refractivity contribution < 1.29 is 9.21 Å². The van der Waals surface area contributed by atoms with Gasteiger partial charge in [0.2, 0.25) is 5.89 Å². The maximum absolute atomic E-state index is 12.5. The van der Waals surface area contributed by atoms with Crippen LogP contribution in [0.4, 0.5) is 10.5 Å². The topological polar surface area (TPSA) is 61.6 Å². The van der Waals surface area contributed by atoms with Gasteiger partial charge in [0.15, 0.2) is 5.58 Å². The molecule has 2 amide bonds. The van der Waals surface area contributed by atoms with Gasteiger partial charge in [-0.2, -0.15) is 0 Å². The van der Waals surface area contributed by atoms with E-state index in [-0.39, 0.29) is 6.03 Å². The number of carbonyl (C=O) groups excluding carboxylic acids is 1. The van der Waals surface area contributed by atoms with Crippen molar-refractivity contribution in [3.8, 4) is 0 Å². The first-order valence-electron chi connectivity index (χ1n) is 9.38. The lowest BCUT2D eigenvalue weighted by Gasteiger charge is -2.34. The zero-order chi connectivity index (χ0) is 19.7. The molecule has 0 atom stereocenters. The van der Waals surface area contributed by atoms with Crippen molar-refractivity contribution >= 4 is 38.7 Å². The molecule has 0 aliphatic carbocycles. The molecular formula is C21H23BrN4O2. The van der Waals surface area contributed by atoms with Crippen molar-refractivity contribution in [2.24, 2.45) is 0 Å². The number of hydrogen-bond donors (Lipinski definition) is 1. The van der Waals surface area contributed by atoms with Crippen LogP contribution >= 0.6 is 15.9 Å². The van der Waals surface area contributed by atoms with E-state index in [0.717, 1.165) is 45.8 Å². The number of carbonyl (C=O) groups is 1. The summed E-state index contributed by atoms with van der Waals surface area (Å²) in [5.74, 6) is 0.726. The second-order valence-corrected chi connectivity index (χ2v) is 8.09. The number of halogens is 1. The monoisotopic (exact) mass is 442 g/mol. The van der Waals surface area contributed by atoms with Gasteiger partial charge < -0.3 is 14.6 Å². The molecule has 7 heteroatoms. The van der Waals surface area contributed by atoms with Crippen LogP contribution in [0.5, 0.6) is 0 Å². The standard InChI is InChI=1S/C21H23BrN4O2/c1-14-3-6-19-18(11-14)24-20(28-19)13-25-7-9-26(10-8-25)21(27)23-16-4-5-17(22)15(2)12-16/h3-6,11-12H,7-10,13H2,1-2H3,(H,23,27). The third kappa shape index (κ3) is 4.20. The molecule has 6 nitrogen and oxygen atoms in total. The fourth-order valence-electron chi connectivity index (χ4n) is 3.38. The molecule has 1 aromatic heterocycles. The van der Waals surface area contributed by atoms with Crippen LogP contribution in [0.15, 0.2) is 45.3 Å². The minimum absolute atomic E-state index is 0.0568. The van der Waals surface area contributed by atoms with Gasteiger partial charge in [0.1, 0.15) is 5.52 Å². The van der Waals surface area contributed by atoms with E-state index in [9.17, 15) is 4.79 Å². The van der Waals surface area contributed by atoms with Gasteiger partial charge in [0.05, 0.1) is 6.54 Å². The van der Waals surface area contributed by atoms with Crippen molar-refractivity contribution in [3.05, 3.63) is 57.9 Å². The minimum atomic E-state index is -0.0568. The van der Waals surface area contributed by atoms with Crippen LogP contribution in [0.3, 0.4) is 0 Å². The van der Waals surface area contributed by atoms with Gasteiger partial charge in [-0.25, -0.2) is 9.78 Å². The smallest absolute Gasteiger partial charge is 0.321 e. The Balaban J connectivity index is 1.32. The number of rotatable bonds is 3. The molecule has 0 bridgehead atoms. The highest BCUT2D eigenvalue weighted by Crippen LogP contribution is 2.21. The minimum Gasteiger partial charge on any atom is -0.439 e. The molecule has 1 fully saturated rings. The molecule has 0 radical (unpaired) electrons. The van der Waals surface area contributed by atoms with E-state index in [4.69, 9.17) is 4.42 Å². The lowest BCUT2D eigenvalue weighted by atomic mass is 10.2. The van der Waals surface area contributed by atoms with Gasteiger partial charge >= 0.3 is 6.03 Å². The Labute approximate surface area is 172 Å². The van der Waals surface area contributed by atoms with Crippen LogP contribution in [0.25, 0.3) is 11.1 Å². The second kappa shape index (κ2) is 7.93. The number of aryl methyl sites for hydroxylation is 2. The Morgan fingerprint density at radius 2 is 1.93 bits per heavy atom. The van der Waals surface area contributed by atoms with Crippen molar-refractivity contribution in [2.45, 2.75) is 20.4 Å². The first-order valence-corrected chi connectivity index (χ1v) is 10.2. The highest BCUT2D eigenvalue weighted by molar-refractivity contribution is 9.10. The summed E-state index contributed by atoms with van der Waals surface area (Å²) in [4.78, 5) is 21.2. The Morgan fingerprint density at radius 3 is 2.68 bits per heavy atom. The summed E-state index contributed by atoms with van der Waals surface area (Å²) in [6.07, 6.45) is 0. The second-order valence-electron chi connectivity index (χ2n) is 7.24. The van der Waals surface area contributed by atoms with Crippen LogP contribution in [0, 0.1) is 13.8 Å². The quantitative estimate of drug-likeness (QED) is 0.645. The zero-order valence-corrected chi connectivity index (χ0v) is 17.6. The van der Waals surface area contributed by atoms with Crippen LogP contribution in [-0.2, 0) is 6.54 Å². The number of anilines is 1. The largest absolute Gasteiger partial charge is 0.439 e. The van der Waals surface area contributed by atoms with Crippen LogP contribution in [-0.4, -0.2) is 47.0 Å². The predicted octanol–water partition coefficient (Wildman–Crippen LogP) is 4.56. The Hall–Kier alpha value is -2.38. The van der Waals surface area contributed by atoms with Crippen LogP contribution in [0.2, 0.25) is 0 Å². The third-order valence-electron chi connectivity index (χ3n) is 5.01. The first kappa shape index (κ1) is 19.0. The summed E-state index contributed by atoms with van der Waals surface area (Å²) in [5, 5.41) is 2.98. The van der Waals surface area contributed by atoms with E-state index in [1.165, 1.54) is 5.56 Å². The molecule has 0 spiro atoms. The van der Waals surface area contributed by atoms with E-state index in [1.54, 1.807) is 0 Å². The molecule has 3 aromatic rings. The van der Waals surface area contributed by atoms with E-state index in [2.05, 4.69) is 31.1 Å². The van der Waals surface area contributed by atoms with Gasteiger partial charge in [-0.15, -0.1) is 0 Å². The number of amides is 2. The molecule has 146 valence electrons. The average molecular weight is 443 g/mol. The molecule has 1 N–H and O–H groups in total. The number of aromatic nitrogens is 1. The number of urea groups is 1. The normalized spacial score (nSPS) is 15.2. The first-order chi connectivity index (χ1) is 13.5. The number of nitrogens with one attached hydrogen (secondary N) is 1. The molecule has 2 aromatic carbocycles. The number of oxazole rings is 1. The molecule has 0 unspecified atom stereocenters. The summed E-state index contributed by atoms with van der Waals surface area (Å²) in [6, 6.07) is 11.8. The van der Waals surface area contributed by atoms with E-state index >= 15 is 0 Å². The van der Waals surface area contributed by atoms with Gasteiger partial charge in [-0.3, -0.25) is 4.90 Å². The van der Waals surface area contributed by atoms with Crippen molar-refractivity contribution in [2.75, 3.05) is 31.5 Å². The molecule has 0 saturated carbocycles. The van der Waals surface area contributed by atoms with Gasteiger partial charge in [0.25, 0.3) is 0 Å². The van der Waals surface area contributed by atoms with Crippen molar-refractivity contribution in [3.63, 3.8) is 0 Å². The molecule has 1 saturated heterocycles. The molecule has 2 heterocycles. The highest BCUT2D eigenvalue weighted by atomic mass is 79.9. The number of hydrogen-bond acceptors (Lipinski definition) is 4. The summed E-state index contributed by atoms with van der Waals surface area (Å²) >= 11 is 3.48. The Kier molecular flexibility index (Phi) is 5.37. The third-order valence-corrected chi connectivity index (χ3v) is 5.90. The SMILES string of the molecule is Cc1ccc2oc(CN3CCN(C(=O)Nc4ccc(Br)c(C)c4)CC3)nc2c1. The molecule has 1 aliphatic heterocycles. The average Bonchev–Trinajstić information content (AvgIpc) is 3.06. The van der Waals surface area contributed by atoms with Gasteiger partial charge in [0, 0.05) is 36.3 Å². The predicted molar refractivity (Wildman–Crippen MR) is 113 cm³/mol. The maximum atomic E-state index is 12.5. The maximum Gasteiger partial charge on any atom is 0.321 e. The highest BCUT2D eigenvalue weighted by Gasteiger charge is 2.22. The Morgan fingerprint density at radius 1 is 1.14 bits per heavy atom. The fraction of sp³-hybridized carbons (Fsp3) is 0.333. The summed E-state index contributed by atoms with van der Waals surface area (Å²) < 4.78 is 6.89. The molecular weight excluding hydrogens is 420 g/mol. The van der Waals surface area contributed by atoms with Crippen LogP contribution < -0.4 is 5.32 Å². The molecule has 28 heavy (non-hydrogen) atoms. The summed E-state index contributed by atoms with van der Waals surface area (Å²) in [6.45, 7) is 7.67. The van der Waals surface area contributed by atoms with Gasteiger partial charge in [-0.1, -0.05) is 22.0 Å². The Bertz CT molecular complexity index is 1010. The zero-order valence-electron chi connectivity index (χ0n) is 16.0. The fourth-order valence-corrected chi connectivity index (χ4v) is 3.62. The molecule has 4 rings (SSSR count). The number of fused-ring (bicyclic) bond motifs is 1. The summed E-state index contributed by atoms with van der Waals surface area (Å²) in [5.41, 5.74) is 4.81. The number of benzene rings is 2. The summed E-state index contributed by atoms with van der Waals surface area (Å²) in [7, 11) is 0. The lowest BCUT2D eigenvalue weighted by Crippen LogP contribution is -2.49. The van der Waals surface area contributed by atoms with Gasteiger partial charge in [-0.05, 0) is 55.3 Å². The molecule has 1 aliphatic rings. The van der Waals surface area contributed by atoms with Crippen LogP contribution in [0.1, 0.15) is 17.0 Å². The van der Waals surface area contributed by atoms with E-state index in [0.29, 0.717) is 19.6 Å². The van der Waals surface area contributed by atoms with Crippen molar-refractivity contribution in [1.29, 1.82) is 0 Å². The number of piperazine rings is 1. The van der Waals surface area contributed by atoms with E-state index in [1.807, 2.05) is 55.1 Å². The van der Waals surface area contributed by atoms with Crippen molar-refractivity contribution in [1.82, 2.24) is 14.8 Å².